The van der Waals surface area contributed by atoms with Gasteiger partial charge in [-0.1, -0.05) is 22.9 Å². The summed E-state index contributed by atoms with van der Waals surface area (Å²) in [5.41, 5.74) is 1.44. The molecule has 0 unspecified atom stereocenters. The van der Waals surface area contributed by atoms with Crippen molar-refractivity contribution in [2.45, 2.75) is 17.7 Å². The molecule has 0 aliphatic rings. The minimum Gasteiger partial charge on any atom is -0.383 e. The maximum Gasteiger partial charge on any atom is 0.294 e. The molecule has 1 N–H and O–H groups in total. The average Bonchev–Trinajstić information content (AvgIpc) is 3.16. The number of carbonyl (C=O) groups excluding carboxylic acids is 1. The minimum absolute atomic E-state index is 0.0854. The van der Waals surface area contributed by atoms with Crippen LogP contribution in [-0.4, -0.2) is 32.6 Å². The molecule has 1 amide bonds. The van der Waals surface area contributed by atoms with E-state index in [1.165, 1.54) is 30.4 Å². The quantitative estimate of drug-likeness (QED) is 0.630. The van der Waals surface area contributed by atoms with Gasteiger partial charge in [-0.05, 0) is 30.3 Å². The highest BCUT2D eigenvalue weighted by Gasteiger charge is 2.17. The van der Waals surface area contributed by atoms with E-state index in [1.807, 2.05) is 6.07 Å². The van der Waals surface area contributed by atoms with Crippen LogP contribution in [0.4, 0.5) is 5.69 Å². The van der Waals surface area contributed by atoms with Crippen molar-refractivity contribution in [3.63, 3.8) is 0 Å². The largest absolute Gasteiger partial charge is 0.383 e. The first-order chi connectivity index (χ1) is 12.8. The van der Waals surface area contributed by atoms with E-state index in [0.29, 0.717) is 28.0 Å². The van der Waals surface area contributed by atoms with Crippen molar-refractivity contribution in [3.8, 4) is 0 Å². The lowest BCUT2D eigenvalue weighted by Gasteiger charge is -2.05. The van der Waals surface area contributed by atoms with Crippen molar-refractivity contribution in [2.75, 3.05) is 19.0 Å². The molecule has 2 aromatic heterocycles. The molecule has 27 heavy (non-hydrogen) atoms. The van der Waals surface area contributed by atoms with E-state index >= 15 is 0 Å². The van der Waals surface area contributed by atoms with Crippen molar-refractivity contribution in [1.29, 1.82) is 0 Å². The van der Waals surface area contributed by atoms with Gasteiger partial charge in [-0.2, -0.15) is 8.42 Å². The first-order valence-corrected chi connectivity index (χ1v) is 11.2. The number of rotatable bonds is 6. The summed E-state index contributed by atoms with van der Waals surface area (Å²) < 4.78 is 37.4. The molecular formula is C16H16ClN3O4S3. The van der Waals surface area contributed by atoms with Gasteiger partial charge < -0.3 is 14.6 Å². The molecule has 144 valence electrons. The lowest BCUT2D eigenvalue weighted by atomic mass is 10.3. The third-order valence-corrected chi connectivity index (χ3v) is 7.65. The smallest absolute Gasteiger partial charge is 0.294 e. The van der Waals surface area contributed by atoms with Crippen LogP contribution >= 0.6 is 34.3 Å². The Morgan fingerprint density at radius 2 is 2.07 bits per heavy atom. The zero-order valence-corrected chi connectivity index (χ0v) is 17.6. The molecule has 0 atom stereocenters. The van der Waals surface area contributed by atoms with E-state index in [0.717, 1.165) is 21.6 Å². The van der Waals surface area contributed by atoms with E-state index in [-0.39, 0.29) is 10.1 Å². The van der Waals surface area contributed by atoms with Crippen molar-refractivity contribution >= 4 is 66.1 Å². The summed E-state index contributed by atoms with van der Waals surface area (Å²) in [5.74, 6) is -0.180. The van der Waals surface area contributed by atoms with Crippen molar-refractivity contribution in [2.24, 2.45) is 4.40 Å². The van der Waals surface area contributed by atoms with Gasteiger partial charge >= 0.3 is 0 Å². The van der Waals surface area contributed by atoms with Crippen molar-refractivity contribution in [3.05, 3.63) is 39.5 Å². The number of sulfonamides is 1. The van der Waals surface area contributed by atoms with Crippen LogP contribution in [0.1, 0.15) is 6.92 Å². The molecule has 0 fully saturated rings. The van der Waals surface area contributed by atoms with Gasteiger partial charge in [-0.25, -0.2) is 0 Å². The molecule has 11 heteroatoms. The van der Waals surface area contributed by atoms with Gasteiger partial charge in [0.15, 0.2) is 0 Å². The van der Waals surface area contributed by atoms with Crippen LogP contribution in [0.25, 0.3) is 10.2 Å². The zero-order valence-electron chi connectivity index (χ0n) is 14.4. The topological polar surface area (TPSA) is 89.8 Å². The van der Waals surface area contributed by atoms with E-state index in [4.69, 9.17) is 16.3 Å². The fourth-order valence-electron chi connectivity index (χ4n) is 2.41. The highest BCUT2D eigenvalue weighted by atomic mass is 35.5. The third kappa shape index (κ3) is 4.58. The molecule has 0 aliphatic carbocycles. The highest BCUT2D eigenvalue weighted by molar-refractivity contribution is 7.92. The van der Waals surface area contributed by atoms with Gasteiger partial charge in [0.1, 0.15) is 4.21 Å². The molecule has 2 heterocycles. The number of nitrogens with zero attached hydrogens (tertiary/aromatic N) is 2. The lowest BCUT2D eigenvalue weighted by Crippen LogP contribution is -2.19. The van der Waals surface area contributed by atoms with Crippen LogP contribution in [0.5, 0.6) is 0 Å². The second-order valence-corrected chi connectivity index (χ2v) is 10.1. The Bertz CT molecular complexity index is 1160. The molecule has 3 aromatic rings. The summed E-state index contributed by atoms with van der Waals surface area (Å²) in [6.45, 7) is 2.27. The van der Waals surface area contributed by atoms with Gasteiger partial charge in [0.05, 0.1) is 21.2 Å². The molecule has 0 saturated heterocycles. The SMILES string of the molecule is COCCn1c(=NS(=O)(=O)c2ccc(Cl)s2)sc2cc(NC(C)=O)ccc21. The van der Waals surface area contributed by atoms with Crippen LogP contribution in [0.15, 0.2) is 38.9 Å². The first kappa shape index (κ1) is 20.0. The first-order valence-electron chi connectivity index (χ1n) is 7.76. The van der Waals surface area contributed by atoms with E-state index in [2.05, 4.69) is 9.71 Å². The summed E-state index contributed by atoms with van der Waals surface area (Å²) in [7, 11) is -2.30. The average molecular weight is 446 g/mol. The molecule has 0 spiro atoms. The summed E-state index contributed by atoms with van der Waals surface area (Å²) in [5, 5.41) is 2.72. The number of fused-ring (bicyclic) bond motifs is 1. The zero-order chi connectivity index (χ0) is 19.6. The second kappa shape index (κ2) is 8.11. The number of halogens is 1. The molecule has 0 radical (unpaired) electrons. The second-order valence-electron chi connectivity index (χ2n) is 5.52. The Hall–Kier alpha value is -1.72. The maximum atomic E-state index is 12.6. The summed E-state index contributed by atoms with van der Waals surface area (Å²) in [6.07, 6.45) is 0. The summed E-state index contributed by atoms with van der Waals surface area (Å²) >= 11 is 8.04. The Balaban J connectivity index is 2.16. The maximum absolute atomic E-state index is 12.6. The van der Waals surface area contributed by atoms with E-state index < -0.39 is 10.0 Å². The number of thiophene rings is 1. The van der Waals surface area contributed by atoms with E-state index in [9.17, 15) is 13.2 Å². The van der Waals surface area contributed by atoms with Gasteiger partial charge in [-0.15, -0.1) is 15.7 Å². The third-order valence-electron chi connectivity index (χ3n) is 3.52. The molecule has 1 aromatic carbocycles. The molecule has 0 saturated carbocycles. The van der Waals surface area contributed by atoms with Gasteiger partial charge in [0.25, 0.3) is 10.0 Å². The number of anilines is 1. The standard InChI is InChI=1S/C16H16ClN3O4S3/c1-10(21)18-11-3-4-12-13(9-11)25-16(20(12)7-8-24-2)19-27(22,23)15-6-5-14(17)26-15/h3-6,9H,7-8H2,1-2H3,(H,18,21). The Kier molecular flexibility index (Phi) is 6.02. The number of thiazole rings is 1. The van der Waals surface area contributed by atoms with E-state index in [1.54, 1.807) is 23.8 Å². The summed E-state index contributed by atoms with van der Waals surface area (Å²) in [4.78, 5) is 11.6. The molecule has 0 aliphatic heterocycles. The number of methoxy groups -OCH3 is 1. The predicted molar refractivity (Wildman–Crippen MR) is 108 cm³/mol. The Morgan fingerprint density at radius 3 is 2.70 bits per heavy atom. The molecular weight excluding hydrogens is 430 g/mol. The number of carbonyl (C=O) groups is 1. The normalized spacial score (nSPS) is 12.6. The summed E-state index contributed by atoms with van der Waals surface area (Å²) in [6, 6.07) is 8.33. The number of benzene rings is 1. The van der Waals surface area contributed by atoms with Crippen LogP contribution in [0, 0.1) is 0 Å². The monoisotopic (exact) mass is 445 g/mol. The highest BCUT2D eigenvalue weighted by Crippen LogP contribution is 2.27. The van der Waals surface area contributed by atoms with Crippen LogP contribution in [0.3, 0.4) is 0 Å². The lowest BCUT2D eigenvalue weighted by molar-refractivity contribution is -0.114. The fourth-order valence-corrected chi connectivity index (χ4v) is 6.17. The fraction of sp³-hybridized carbons (Fsp3) is 0.250. The molecule has 7 nitrogen and oxygen atoms in total. The number of nitrogens with one attached hydrogen (secondary N) is 1. The van der Waals surface area contributed by atoms with Gasteiger partial charge in [0, 0.05) is 26.3 Å². The number of amides is 1. The number of aromatic nitrogens is 1. The molecule has 0 bridgehead atoms. The van der Waals surface area contributed by atoms with Crippen molar-refractivity contribution < 1.29 is 17.9 Å². The van der Waals surface area contributed by atoms with Crippen molar-refractivity contribution in [1.82, 2.24) is 4.57 Å². The predicted octanol–water partition coefficient (Wildman–Crippen LogP) is 3.31. The number of hydrogen-bond donors (Lipinski definition) is 1. The van der Waals surface area contributed by atoms with Crippen LogP contribution in [0.2, 0.25) is 4.34 Å². The Labute approximate surface area is 168 Å². The Morgan fingerprint density at radius 1 is 1.30 bits per heavy atom. The van der Waals surface area contributed by atoms with Gasteiger partial charge in [0.2, 0.25) is 10.7 Å². The van der Waals surface area contributed by atoms with Crippen LogP contribution < -0.4 is 10.1 Å². The molecule has 3 rings (SSSR count). The minimum atomic E-state index is -3.88. The number of ether oxygens (including phenoxy) is 1. The van der Waals surface area contributed by atoms with Gasteiger partial charge in [-0.3, -0.25) is 4.79 Å². The van der Waals surface area contributed by atoms with Crippen LogP contribution in [-0.2, 0) is 26.1 Å². The number of hydrogen-bond acceptors (Lipinski definition) is 6.